The lowest BCUT2D eigenvalue weighted by molar-refractivity contribution is 1.20. The van der Waals surface area contributed by atoms with Gasteiger partial charge in [0.05, 0.1) is 11.7 Å². The minimum Gasteiger partial charge on any atom is -0.264 e. The van der Waals surface area contributed by atoms with Crippen LogP contribution in [-0.2, 0) is 0 Å². The molecule has 0 saturated heterocycles. The van der Waals surface area contributed by atoms with Gasteiger partial charge in [0.1, 0.15) is 11.8 Å². The largest absolute Gasteiger partial charge is 0.264 e. The summed E-state index contributed by atoms with van der Waals surface area (Å²) in [6.07, 6.45) is 19.3. The summed E-state index contributed by atoms with van der Waals surface area (Å²) in [6, 6.07) is 11.6. The van der Waals surface area contributed by atoms with Gasteiger partial charge in [-0.1, -0.05) is 0 Å². The van der Waals surface area contributed by atoms with E-state index in [-0.39, 0.29) is 0 Å². The Kier molecular flexibility index (Phi) is 6.13. The molecule has 0 bridgehead atoms. The molecule has 0 aromatic carbocycles. The van der Waals surface area contributed by atoms with Crippen LogP contribution in [0.3, 0.4) is 0 Å². The Hall–Kier alpha value is -4.39. The van der Waals surface area contributed by atoms with Gasteiger partial charge in [0.15, 0.2) is 0 Å². The van der Waals surface area contributed by atoms with Crippen molar-refractivity contribution in [1.82, 2.24) is 34.9 Å². The molecule has 0 aliphatic carbocycles. The quantitative estimate of drug-likeness (QED) is 0.381. The number of aromatic nitrogens is 7. The predicted octanol–water partition coefficient (Wildman–Crippen LogP) is 4.28. The second kappa shape index (κ2) is 9.70. The highest BCUT2D eigenvalue weighted by atomic mass is 14.8. The first-order valence-electron chi connectivity index (χ1n) is 9.18. The van der Waals surface area contributed by atoms with Crippen LogP contribution in [0.25, 0.3) is 32.6 Å². The molecule has 0 spiro atoms. The monoisotopic (exact) mass is 391 g/mol. The van der Waals surface area contributed by atoms with E-state index in [2.05, 4.69) is 34.9 Å². The number of pyridine rings is 5. The third kappa shape index (κ3) is 4.90. The molecular weight excluding hydrogens is 374 g/mol. The third-order valence-electron chi connectivity index (χ3n) is 4.16. The highest BCUT2D eigenvalue weighted by Gasteiger charge is 1.90. The zero-order valence-corrected chi connectivity index (χ0v) is 15.9. The maximum Gasteiger partial charge on any atom is 0.116 e. The molecule has 7 nitrogen and oxygen atoms in total. The van der Waals surface area contributed by atoms with Crippen LogP contribution >= 0.6 is 0 Å². The average Bonchev–Trinajstić information content (AvgIpc) is 2.85. The standard InChI is InChI=1S/2C8H6N2.C7H5N3/c1-3-9-6-8-2-4-10-5-7(1)8;1-3-9-5-8-6-10-4-2-7(1)8;1-2-6-7(9-3-1)4-8-5-10-6/h2*1-6H;1-5H. The van der Waals surface area contributed by atoms with Gasteiger partial charge in [-0.05, 0) is 41.8 Å². The number of fused-ring (bicyclic) bond motifs is 3. The molecule has 6 aromatic rings. The maximum absolute atomic E-state index is 4.06. The Balaban J connectivity index is 0.000000109. The highest BCUT2D eigenvalue weighted by Crippen LogP contribution is 2.08. The van der Waals surface area contributed by atoms with Gasteiger partial charge in [0.25, 0.3) is 0 Å². The molecule has 0 amide bonds. The van der Waals surface area contributed by atoms with Crippen molar-refractivity contribution in [2.45, 2.75) is 0 Å². The summed E-state index contributed by atoms with van der Waals surface area (Å²) >= 11 is 0. The average molecular weight is 391 g/mol. The fourth-order valence-electron chi connectivity index (χ4n) is 2.66. The van der Waals surface area contributed by atoms with E-state index < -0.39 is 0 Å². The smallest absolute Gasteiger partial charge is 0.116 e. The van der Waals surface area contributed by atoms with Crippen molar-refractivity contribution in [2.24, 2.45) is 0 Å². The van der Waals surface area contributed by atoms with Crippen LogP contribution in [0.1, 0.15) is 0 Å². The zero-order chi connectivity index (χ0) is 20.4. The van der Waals surface area contributed by atoms with Gasteiger partial charge in [-0.2, -0.15) is 0 Å². The Labute approximate surface area is 172 Å². The molecule has 0 fully saturated rings. The fourth-order valence-corrected chi connectivity index (χ4v) is 2.66. The number of hydrogen-bond acceptors (Lipinski definition) is 7. The molecule has 0 saturated carbocycles. The van der Waals surface area contributed by atoms with Crippen molar-refractivity contribution in [3.63, 3.8) is 0 Å². The molecule has 6 aromatic heterocycles. The van der Waals surface area contributed by atoms with Gasteiger partial charge < -0.3 is 0 Å². The van der Waals surface area contributed by atoms with Crippen molar-refractivity contribution in [3.05, 3.63) is 105 Å². The van der Waals surface area contributed by atoms with Gasteiger partial charge in [0.2, 0.25) is 0 Å². The van der Waals surface area contributed by atoms with E-state index in [4.69, 9.17) is 0 Å². The molecule has 0 aliphatic heterocycles. The van der Waals surface area contributed by atoms with Crippen molar-refractivity contribution >= 4 is 32.6 Å². The van der Waals surface area contributed by atoms with Crippen LogP contribution in [-0.4, -0.2) is 34.9 Å². The summed E-state index contributed by atoms with van der Waals surface area (Å²) in [4.78, 5) is 27.8. The van der Waals surface area contributed by atoms with Crippen LogP contribution in [0.4, 0.5) is 0 Å². The molecule has 0 N–H and O–H groups in total. The van der Waals surface area contributed by atoms with Gasteiger partial charge in [0, 0.05) is 71.9 Å². The molecule has 0 unspecified atom stereocenters. The molecule has 6 heterocycles. The zero-order valence-electron chi connectivity index (χ0n) is 15.9. The number of rotatable bonds is 0. The first-order chi connectivity index (χ1) is 14.9. The Morgan fingerprint density at radius 1 is 0.400 bits per heavy atom. The number of hydrogen-bond donors (Lipinski definition) is 0. The van der Waals surface area contributed by atoms with Crippen LogP contribution in [0.2, 0.25) is 0 Å². The second-order valence-corrected chi connectivity index (χ2v) is 6.13. The van der Waals surface area contributed by atoms with E-state index in [1.54, 1.807) is 37.2 Å². The molecule has 7 heteroatoms. The van der Waals surface area contributed by atoms with E-state index in [1.165, 1.54) is 11.7 Å². The van der Waals surface area contributed by atoms with Crippen LogP contribution < -0.4 is 0 Å². The Morgan fingerprint density at radius 2 is 0.967 bits per heavy atom. The molecule has 0 aliphatic rings. The van der Waals surface area contributed by atoms with E-state index >= 15 is 0 Å². The lowest BCUT2D eigenvalue weighted by atomic mass is 10.2. The molecule has 0 atom stereocenters. The van der Waals surface area contributed by atoms with Crippen LogP contribution in [0.15, 0.2) is 105 Å². The van der Waals surface area contributed by atoms with Crippen molar-refractivity contribution < 1.29 is 0 Å². The maximum atomic E-state index is 4.06. The summed E-state index contributed by atoms with van der Waals surface area (Å²) in [5.74, 6) is 0. The first-order valence-corrected chi connectivity index (χ1v) is 9.18. The van der Waals surface area contributed by atoms with Crippen molar-refractivity contribution in [3.8, 4) is 0 Å². The minimum absolute atomic E-state index is 0.838. The second-order valence-electron chi connectivity index (χ2n) is 6.13. The Morgan fingerprint density at radius 3 is 1.53 bits per heavy atom. The summed E-state index contributed by atoms with van der Waals surface area (Å²) in [6.45, 7) is 0. The SMILES string of the molecule is c1cc2ccncc2cn1.c1cc2cnccc2cn1.c1cnc2cncnc2c1. The Bertz CT molecular complexity index is 1010. The molecular formula is C23H17N7. The van der Waals surface area contributed by atoms with E-state index in [1.807, 2.05) is 61.2 Å². The van der Waals surface area contributed by atoms with Crippen molar-refractivity contribution in [1.29, 1.82) is 0 Å². The number of nitrogens with zero attached hydrogens (tertiary/aromatic N) is 7. The van der Waals surface area contributed by atoms with Gasteiger partial charge in [-0.15, -0.1) is 0 Å². The third-order valence-corrected chi connectivity index (χ3v) is 4.16. The van der Waals surface area contributed by atoms with Gasteiger partial charge >= 0.3 is 0 Å². The molecule has 144 valence electrons. The molecule has 6 rings (SSSR count). The summed E-state index contributed by atoms with van der Waals surface area (Å²) < 4.78 is 0. The van der Waals surface area contributed by atoms with Crippen LogP contribution in [0, 0.1) is 0 Å². The van der Waals surface area contributed by atoms with Crippen molar-refractivity contribution in [2.75, 3.05) is 0 Å². The summed E-state index contributed by atoms with van der Waals surface area (Å²) in [5.41, 5.74) is 1.72. The molecule has 0 radical (unpaired) electrons. The molecule has 30 heavy (non-hydrogen) atoms. The fraction of sp³-hybridized carbons (Fsp3) is 0. The van der Waals surface area contributed by atoms with E-state index in [0.717, 1.165) is 27.2 Å². The predicted molar refractivity (Wildman–Crippen MR) is 116 cm³/mol. The lowest BCUT2D eigenvalue weighted by Gasteiger charge is -1.91. The lowest BCUT2D eigenvalue weighted by Crippen LogP contribution is -1.81. The minimum atomic E-state index is 0.838. The topological polar surface area (TPSA) is 90.2 Å². The highest BCUT2D eigenvalue weighted by molar-refractivity contribution is 5.80. The van der Waals surface area contributed by atoms with Gasteiger partial charge in [-0.3, -0.25) is 24.9 Å². The van der Waals surface area contributed by atoms with E-state index in [9.17, 15) is 0 Å². The summed E-state index contributed by atoms with van der Waals surface area (Å²) in [5, 5.41) is 4.55. The van der Waals surface area contributed by atoms with E-state index in [0.29, 0.717) is 0 Å². The normalized spacial score (nSPS) is 10.0. The van der Waals surface area contributed by atoms with Gasteiger partial charge in [-0.25, -0.2) is 9.97 Å². The summed E-state index contributed by atoms with van der Waals surface area (Å²) in [7, 11) is 0. The first kappa shape index (κ1) is 18.9. The van der Waals surface area contributed by atoms with Crippen LogP contribution in [0.5, 0.6) is 0 Å².